The number of para-hydroxylation sites is 1. The topological polar surface area (TPSA) is 38.1 Å². The lowest BCUT2D eigenvalue weighted by Gasteiger charge is -2.22. The molecule has 0 saturated heterocycles. The van der Waals surface area contributed by atoms with Gasteiger partial charge in [0.25, 0.3) is 5.91 Å². The van der Waals surface area contributed by atoms with E-state index in [1.807, 2.05) is 30.3 Å². The third kappa shape index (κ3) is 3.35. The van der Waals surface area contributed by atoms with Gasteiger partial charge in [0.15, 0.2) is 0 Å². The van der Waals surface area contributed by atoms with Crippen molar-refractivity contribution < 1.29 is 13.6 Å². The van der Waals surface area contributed by atoms with Gasteiger partial charge < -0.3 is 4.90 Å². The zero-order valence-corrected chi connectivity index (χ0v) is 14.0. The molecular weight excluding hydrogens is 336 g/mol. The van der Waals surface area contributed by atoms with Crippen LogP contribution in [0.3, 0.4) is 0 Å². The molecular formula is C20H17F2N3O. The summed E-state index contributed by atoms with van der Waals surface area (Å²) in [6.07, 6.45) is 4.97. The summed E-state index contributed by atoms with van der Waals surface area (Å²) >= 11 is 0. The van der Waals surface area contributed by atoms with Gasteiger partial charge >= 0.3 is 0 Å². The molecule has 26 heavy (non-hydrogen) atoms. The Kier molecular flexibility index (Phi) is 4.24. The van der Waals surface area contributed by atoms with Gasteiger partial charge in [-0.1, -0.05) is 24.3 Å². The predicted molar refractivity (Wildman–Crippen MR) is 92.8 cm³/mol. The highest BCUT2D eigenvalue weighted by Crippen LogP contribution is 2.30. The van der Waals surface area contributed by atoms with Crippen molar-refractivity contribution in [1.82, 2.24) is 14.7 Å². The average molecular weight is 353 g/mol. The first-order chi connectivity index (χ1) is 12.6. The molecule has 0 N–H and O–H groups in total. The Balaban J connectivity index is 1.57. The quantitative estimate of drug-likeness (QED) is 0.696. The molecule has 1 amide bonds. The van der Waals surface area contributed by atoms with E-state index >= 15 is 0 Å². The molecule has 4 nitrogen and oxygen atoms in total. The van der Waals surface area contributed by atoms with Gasteiger partial charge in [0.05, 0.1) is 17.4 Å². The van der Waals surface area contributed by atoms with Gasteiger partial charge in [-0.3, -0.25) is 4.79 Å². The Morgan fingerprint density at radius 1 is 1.15 bits per heavy atom. The standard InChI is InChI=1S/C20H17F2N3O/c21-16-7-6-14(19(22)10-16)12-24(17-8-9-17)20(26)15-11-23-25(13-15)18-4-2-1-3-5-18/h1-7,10-11,13,17H,8-9,12H2. The minimum Gasteiger partial charge on any atom is -0.331 e. The van der Waals surface area contributed by atoms with Gasteiger partial charge in [-0.15, -0.1) is 0 Å². The first-order valence-electron chi connectivity index (χ1n) is 8.47. The van der Waals surface area contributed by atoms with Crippen molar-refractivity contribution in [3.8, 4) is 5.69 Å². The number of halogens is 2. The summed E-state index contributed by atoms with van der Waals surface area (Å²) in [7, 11) is 0. The summed E-state index contributed by atoms with van der Waals surface area (Å²) in [6.45, 7) is 0.117. The summed E-state index contributed by atoms with van der Waals surface area (Å²) in [4.78, 5) is 14.6. The lowest BCUT2D eigenvalue weighted by molar-refractivity contribution is 0.0728. The minimum atomic E-state index is -0.636. The number of carbonyl (C=O) groups excluding carboxylic acids is 1. The maximum absolute atomic E-state index is 14.0. The van der Waals surface area contributed by atoms with Crippen LogP contribution >= 0.6 is 0 Å². The maximum Gasteiger partial charge on any atom is 0.257 e. The van der Waals surface area contributed by atoms with Crippen LogP contribution in [-0.2, 0) is 6.54 Å². The van der Waals surface area contributed by atoms with Crippen molar-refractivity contribution in [2.24, 2.45) is 0 Å². The molecule has 1 heterocycles. The first kappa shape index (κ1) is 16.4. The van der Waals surface area contributed by atoms with Crippen molar-refractivity contribution >= 4 is 5.91 Å². The molecule has 0 unspecified atom stereocenters. The monoisotopic (exact) mass is 353 g/mol. The molecule has 1 fully saturated rings. The molecule has 0 atom stereocenters. The molecule has 2 aromatic carbocycles. The van der Waals surface area contributed by atoms with Crippen LogP contribution in [0.4, 0.5) is 8.78 Å². The molecule has 0 aliphatic heterocycles. The Hall–Kier alpha value is -3.02. The second-order valence-electron chi connectivity index (χ2n) is 6.41. The molecule has 1 saturated carbocycles. The molecule has 1 aromatic heterocycles. The van der Waals surface area contributed by atoms with Crippen molar-refractivity contribution in [2.45, 2.75) is 25.4 Å². The van der Waals surface area contributed by atoms with Gasteiger partial charge in [0.2, 0.25) is 0 Å². The Labute approximate surface area is 149 Å². The Bertz CT molecular complexity index is 935. The van der Waals surface area contributed by atoms with Crippen molar-refractivity contribution in [2.75, 3.05) is 0 Å². The number of amides is 1. The third-order valence-electron chi connectivity index (χ3n) is 4.45. The normalized spacial score (nSPS) is 13.6. The minimum absolute atomic E-state index is 0.0898. The fourth-order valence-electron chi connectivity index (χ4n) is 2.91. The van der Waals surface area contributed by atoms with Gasteiger partial charge in [-0.05, 0) is 31.0 Å². The predicted octanol–water partition coefficient (Wildman–Crippen LogP) is 3.96. The van der Waals surface area contributed by atoms with Crippen LogP contribution in [0.15, 0.2) is 60.9 Å². The largest absolute Gasteiger partial charge is 0.331 e. The smallest absolute Gasteiger partial charge is 0.257 e. The zero-order chi connectivity index (χ0) is 18.1. The van der Waals surface area contributed by atoms with Gasteiger partial charge in [-0.2, -0.15) is 5.10 Å². The number of rotatable bonds is 5. The molecule has 3 aromatic rings. The molecule has 0 radical (unpaired) electrons. The second-order valence-corrected chi connectivity index (χ2v) is 6.41. The summed E-state index contributed by atoms with van der Waals surface area (Å²) < 4.78 is 28.7. The molecule has 1 aliphatic carbocycles. The maximum atomic E-state index is 14.0. The average Bonchev–Trinajstić information content (AvgIpc) is 3.36. The van der Waals surface area contributed by atoms with Gasteiger partial charge in [0.1, 0.15) is 11.6 Å². The lowest BCUT2D eigenvalue weighted by Crippen LogP contribution is -2.32. The third-order valence-corrected chi connectivity index (χ3v) is 4.45. The fourth-order valence-corrected chi connectivity index (χ4v) is 2.91. The Morgan fingerprint density at radius 3 is 2.62 bits per heavy atom. The number of hydrogen-bond acceptors (Lipinski definition) is 2. The van der Waals surface area contributed by atoms with Crippen LogP contribution in [0.5, 0.6) is 0 Å². The van der Waals surface area contributed by atoms with Crippen LogP contribution in [0.25, 0.3) is 5.69 Å². The molecule has 0 bridgehead atoms. The Morgan fingerprint density at radius 2 is 1.92 bits per heavy atom. The van der Waals surface area contributed by atoms with Crippen molar-refractivity contribution in [3.05, 3.63) is 83.7 Å². The van der Waals surface area contributed by atoms with Gasteiger partial charge in [0, 0.05) is 30.4 Å². The SMILES string of the molecule is O=C(c1cnn(-c2ccccc2)c1)N(Cc1ccc(F)cc1F)C1CC1. The fraction of sp³-hybridized carbons (Fsp3) is 0.200. The first-order valence-corrected chi connectivity index (χ1v) is 8.47. The van der Waals surface area contributed by atoms with Crippen molar-refractivity contribution in [3.63, 3.8) is 0 Å². The highest BCUT2D eigenvalue weighted by Gasteiger charge is 2.34. The van der Waals surface area contributed by atoms with E-state index in [9.17, 15) is 13.6 Å². The highest BCUT2D eigenvalue weighted by atomic mass is 19.1. The summed E-state index contributed by atoms with van der Waals surface area (Å²) in [6, 6.07) is 13.0. The van der Waals surface area contributed by atoms with E-state index in [1.54, 1.807) is 15.8 Å². The molecule has 6 heteroatoms. The summed E-state index contributed by atoms with van der Waals surface area (Å²) in [5.74, 6) is -1.46. The number of nitrogens with zero attached hydrogens (tertiary/aromatic N) is 3. The van der Waals surface area contributed by atoms with Gasteiger partial charge in [-0.25, -0.2) is 13.5 Å². The number of aromatic nitrogens is 2. The van der Waals surface area contributed by atoms with E-state index in [4.69, 9.17) is 0 Å². The van der Waals surface area contributed by atoms with Crippen LogP contribution in [0, 0.1) is 11.6 Å². The van der Waals surface area contributed by atoms with E-state index in [1.165, 1.54) is 18.3 Å². The van der Waals surface area contributed by atoms with Crippen LogP contribution in [-0.4, -0.2) is 26.6 Å². The molecule has 4 rings (SSSR count). The van der Waals surface area contributed by atoms with Crippen LogP contribution < -0.4 is 0 Å². The van der Waals surface area contributed by atoms with E-state index < -0.39 is 11.6 Å². The van der Waals surface area contributed by atoms with E-state index in [0.29, 0.717) is 11.1 Å². The highest BCUT2D eigenvalue weighted by molar-refractivity contribution is 5.94. The van der Waals surface area contributed by atoms with Crippen molar-refractivity contribution in [1.29, 1.82) is 0 Å². The second kappa shape index (κ2) is 6.71. The molecule has 1 aliphatic rings. The molecule has 0 spiro atoms. The zero-order valence-electron chi connectivity index (χ0n) is 14.0. The van der Waals surface area contributed by atoms with E-state index in [-0.39, 0.29) is 18.5 Å². The summed E-state index contributed by atoms with van der Waals surface area (Å²) in [5.41, 5.74) is 1.61. The number of carbonyl (C=O) groups is 1. The molecule has 132 valence electrons. The van der Waals surface area contributed by atoms with Crippen LogP contribution in [0.1, 0.15) is 28.8 Å². The summed E-state index contributed by atoms with van der Waals surface area (Å²) in [5, 5.41) is 4.25. The number of benzene rings is 2. The van der Waals surface area contributed by atoms with Crippen LogP contribution in [0.2, 0.25) is 0 Å². The van der Waals surface area contributed by atoms with E-state index in [0.717, 1.165) is 24.6 Å². The van der Waals surface area contributed by atoms with E-state index in [2.05, 4.69) is 5.10 Å². The number of hydrogen-bond donors (Lipinski definition) is 0. The lowest BCUT2D eigenvalue weighted by atomic mass is 10.1.